The minimum atomic E-state index is -5.25. The van der Waals surface area contributed by atoms with Crippen LogP contribution in [0.15, 0.2) is 40.5 Å². The van der Waals surface area contributed by atoms with Crippen molar-refractivity contribution in [2.45, 2.75) is 24.8 Å². The zero-order valence-corrected chi connectivity index (χ0v) is 19.0. The normalized spacial score (nSPS) is 16.9. The molecular formula is C17H26F3IN4O3S. The van der Waals surface area contributed by atoms with E-state index in [1.807, 2.05) is 12.1 Å². The van der Waals surface area contributed by atoms with Crippen molar-refractivity contribution in [3.05, 3.63) is 36.8 Å². The van der Waals surface area contributed by atoms with E-state index in [9.17, 15) is 21.6 Å². The maximum atomic E-state index is 12.6. The first-order chi connectivity index (χ1) is 13.2. The fraction of sp³-hybridized carbons (Fsp3) is 0.588. The van der Waals surface area contributed by atoms with Gasteiger partial charge >= 0.3 is 15.5 Å². The minimum Gasteiger partial charge on any atom is -0.469 e. The van der Waals surface area contributed by atoms with Crippen LogP contribution in [0.2, 0.25) is 0 Å². The van der Waals surface area contributed by atoms with Crippen molar-refractivity contribution in [2.75, 3.05) is 32.7 Å². The molecule has 29 heavy (non-hydrogen) atoms. The summed E-state index contributed by atoms with van der Waals surface area (Å²) in [5.74, 6) is 1.43. The molecule has 0 bridgehead atoms. The quantitative estimate of drug-likeness (QED) is 0.225. The van der Waals surface area contributed by atoms with Crippen molar-refractivity contribution in [1.82, 2.24) is 14.9 Å². The Morgan fingerprint density at radius 2 is 2.03 bits per heavy atom. The number of sulfonamides is 1. The fourth-order valence-electron chi connectivity index (χ4n) is 2.80. The highest BCUT2D eigenvalue weighted by Gasteiger charge is 2.50. The van der Waals surface area contributed by atoms with E-state index in [4.69, 9.17) is 4.42 Å². The lowest BCUT2D eigenvalue weighted by atomic mass is 9.98. The predicted octanol–water partition coefficient (Wildman–Crippen LogP) is 2.72. The van der Waals surface area contributed by atoms with Gasteiger partial charge in [0.05, 0.1) is 6.26 Å². The molecule has 7 nitrogen and oxygen atoms in total. The van der Waals surface area contributed by atoms with Gasteiger partial charge in [0.15, 0.2) is 5.96 Å². The van der Waals surface area contributed by atoms with Gasteiger partial charge in [-0.25, -0.2) is 8.42 Å². The summed E-state index contributed by atoms with van der Waals surface area (Å²) in [5.41, 5.74) is -5.25. The van der Waals surface area contributed by atoms with Crippen LogP contribution >= 0.6 is 24.0 Å². The first kappa shape index (κ1) is 25.8. The van der Waals surface area contributed by atoms with Crippen molar-refractivity contribution >= 4 is 40.0 Å². The lowest BCUT2D eigenvalue weighted by Gasteiger charge is -2.30. The Labute approximate surface area is 185 Å². The number of piperidine rings is 1. The van der Waals surface area contributed by atoms with E-state index in [2.05, 4.69) is 22.2 Å². The van der Waals surface area contributed by atoms with Crippen molar-refractivity contribution in [3.63, 3.8) is 0 Å². The second-order valence-electron chi connectivity index (χ2n) is 6.41. The Morgan fingerprint density at radius 3 is 2.59 bits per heavy atom. The first-order valence-electron chi connectivity index (χ1n) is 8.96. The zero-order chi connectivity index (χ0) is 20.6. The van der Waals surface area contributed by atoms with Crippen molar-refractivity contribution < 1.29 is 26.0 Å². The van der Waals surface area contributed by atoms with Crippen LogP contribution in [-0.2, 0) is 16.4 Å². The molecule has 0 radical (unpaired) electrons. The molecule has 12 heteroatoms. The number of hydrogen-bond donors (Lipinski definition) is 2. The molecule has 1 aliphatic rings. The van der Waals surface area contributed by atoms with Crippen LogP contribution in [0.4, 0.5) is 13.2 Å². The van der Waals surface area contributed by atoms with Crippen molar-refractivity contribution in [2.24, 2.45) is 10.9 Å². The number of nitrogens with zero attached hydrogens (tertiary/aromatic N) is 2. The highest BCUT2D eigenvalue weighted by molar-refractivity contribution is 14.0. The SMILES string of the molecule is C=CCNC(=NCC1CCN(S(=O)(=O)C(F)(F)F)CC1)NCCc1ccco1.I. The third-order valence-electron chi connectivity index (χ3n) is 4.37. The summed E-state index contributed by atoms with van der Waals surface area (Å²) in [6.07, 6.45) is 4.63. The van der Waals surface area contributed by atoms with E-state index < -0.39 is 15.5 Å². The number of alkyl halides is 3. The summed E-state index contributed by atoms with van der Waals surface area (Å²) in [6, 6.07) is 3.68. The average molecular weight is 550 g/mol. The molecule has 0 spiro atoms. The highest BCUT2D eigenvalue weighted by Crippen LogP contribution is 2.30. The molecule has 1 aliphatic heterocycles. The number of nitrogens with one attached hydrogen (secondary N) is 2. The van der Waals surface area contributed by atoms with Gasteiger partial charge in [-0.05, 0) is 30.9 Å². The zero-order valence-electron chi connectivity index (χ0n) is 15.8. The number of hydrogen-bond acceptors (Lipinski definition) is 4. The Bertz CT molecular complexity index is 746. The third-order valence-corrected chi connectivity index (χ3v) is 6.00. The predicted molar refractivity (Wildman–Crippen MR) is 116 cm³/mol. The molecule has 166 valence electrons. The molecule has 0 saturated carbocycles. The first-order valence-corrected chi connectivity index (χ1v) is 10.4. The van der Waals surface area contributed by atoms with Crippen LogP contribution in [0.25, 0.3) is 0 Å². The second kappa shape index (κ2) is 11.8. The third kappa shape index (κ3) is 7.81. The smallest absolute Gasteiger partial charge is 0.469 e. The fourth-order valence-corrected chi connectivity index (χ4v) is 3.79. The standard InChI is InChI=1S/C17H25F3N4O3S.HI/c1-2-8-21-16(22-9-5-15-4-3-12-27-15)23-13-14-6-10-24(11-7-14)28(25,26)17(18,19)20;/h2-4,12,14H,1,5-11,13H2,(H2,21,22,23);1H. The molecule has 2 N–H and O–H groups in total. The molecule has 0 aliphatic carbocycles. The van der Waals surface area contributed by atoms with Crippen LogP contribution in [0.3, 0.4) is 0 Å². The monoisotopic (exact) mass is 550 g/mol. The summed E-state index contributed by atoms with van der Waals surface area (Å²) in [5, 5.41) is 6.24. The summed E-state index contributed by atoms with van der Waals surface area (Å²) in [7, 11) is -5.25. The van der Waals surface area contributed by atoms with Crippen LogP contribution in [0, 0.1) is 5.92 Å². The Kier molecular flexibility index (Phi) is 10.5. The maximum Gasteiger partial charge on any atom is 0.511 e. The molecule has 0 atom stereocenters. The number of guanidine groups is 1. The van der Waals surface area contributed by atoms with Gasteiger partial charge in [-0.15, -0.1) is 30.6 Å². The average Bonchev–Trinajstić information content (AvgIpc) is 3.16. The molecule has 0 unspecified atom stereocenters. The van der Waals surface area contributed by atoms with Crippen LogP contribution in [-0.4, -0.2) is 56.9 Å². The van der Waals surface area contributed by atoms with E-state index in [0.717, 1.165) is 5.76 Å². The maximum absolute atomic E-state index is 12.6. The summed E-state index contributed by atoms with van der Waals surface area (Å²) in [6.45, 7) is 4.84. The van der Waals surface area contributed by atoms with Gasteiger partial charge in [-0.1, -0.05) is 6.08 Å². The van der Waals surface area contributed by atoms with Gasteiger partial charge in [0.1, 0.15) is 5.76 Å². The second-order valence-corrected chi connectivity index (χ2v) is 8.34. The molecule has 1 fully saturated rings. The summed E-state index contributed by atoms with van der Waals surface area (Å²) in [4.78, 5) is 4.47. The van der Waals surface area contributed by atoms with Gasteiger partial charge in [-0.2, -0.15) is 17.5 Å². The number of halogens is 4. The van der Waals surface area contributed by atoms with Crippen LogP contribution < -0.4 is 10.6 Å². The molecule has 2 heterocycles. The summed E-state index contributed by atoms with van der Waals surface area (Å²) >= 11 is 0. The molecule has 1 aromatic rings. The van der Waals surface area contributed by atoms with Gasteiger partial charge in [-0.3, -0.25) is 4.99 Å². The van der Waals surface area contributed by atoms with Crippen LogP contribution in [0.1, 0.15) is 18.6 Å². The highest BCUT2D eigenvalue weighted by atomic mass is 127. The molecule has 1 aromatic heterocycles. The number of furan rings is 1. The van der Waals surface area contributed by atoms with E-state index >= 15 is 0 Å². The van der Waals surface area contributed by atoms with Crippen LogP contribution in [0.5, 0.6) is 0 Å². The van der Waals surface area contributed by atoms with Gasteiger partial charge in [0.25, 0.3) is 0 Å². The molecule has 0 aromatic carbocycles. The Hall–Kier alpha value is -1.28. The van der Waals surface area contributed by atoms with Gasteiger partial charge < -0.3 is 15.1 Å². The topological polar surface area (TPSA) is 86.9 Å². The van der Waals surface area contributed by atoms with Crippen molar-refractivity contribution in [1.29, 1.82) is 0 Å². The van der Waals surface area contributed by atoms with E-state index in [-0.39, 0.29) is 43.0 Å². The van der Waals surface area contributed by atoms with Crippen molar-refractivity contribution in [3.8, 4) is 0 Å². The summed E-state index contributed by atoms with van der Waals surface area (Å²) < 4.78 is 66.5. The van der Waals surface area contributed by atoms with Gasteiger partial charge in [0.2, 0.25) is 0 Å². The Morgan fingerprint density at radius 1 is 1.34 bits per heavy atom. The van der Waals surface area contributed by atoms with Gasteiger partial charge in [0, 0.05) is 39.1 Å². The lowest BCUT2D eigenvalue weighted by Crippen LogP contribution is -2.45. The van der Waals surface area contributed by atoms with E-state index in [0.29, 0.717) is 49.2 Å². The molecule has 1 saturated heterocycles. The molecule has 0 amide bonds. The number of rotatable bonds is 8. The van der Waals surface area contributed by atoms with E-state index in [1.165, 1.54) is 0 Å². The minimum absolute atomic E-state index is 0. The Balaban J connectivity index is 0.00000420. The lowest BCUT2D eigenvalue weighted by molar-refractivity contribution is -0.0496. The van der Waals surface area contributed by atoms with E-state index in [1.54, 1.807) is 12.3 Å². The molecule has 2 rings (SSSR count). The molecular weight excluding hydrogens is 524 g/mol. The largest absolute Gasteiger partial charge is 0.511 e. The number of aliphatic imine (C=N–C) groups is 1.